The topological polar surface area (TPSA) is 113 Å². The third-order valence-corrected chi connectivity index (χ3v) is 7.65. The first kappa shape index (κ1) is 22.1. The molecule has 2 aromatic rings. The molecule has 11 heteroatoms. The molecule has 33 heavy (non-hydrogen) atoms. The van der Waals surface area contributed by atoms with Crippen molar-refractivity contribution in [2.45, 2.75) is 24.9 Å². The van der Waals surface area contributed by atoms with E-state index in [0.717, 1.165) is 4.57 Å². The fourth-order valence-electron chi connectivity index (χ4n) is 4.90. The first-order chi connectivity index (χ1) is 15.6. The van der Waals surface area contributed by atoms with Crippen LogP contribution in [0.5, 0.6) is 11.5 Å². The van der Waals surface area contributed by atoms with Crippen LogP contribution in [0.1, 0.15) is 23.9 Å². The van der Waals surface area contributed by atoms with E-state index in [0.29, 0.717) is 15.6 Å². The minimum atomic E-state index is -0.795. The lowest BCUT2D eigenvalue weighted by atomic mass is 9.68. The van der Waals surface area contributed by atoms with Gasteiger partial charge in [-0.25, -0.2) is 23.5 Å². The average Bonchev–Trinajstić information content (AvgIpc) is 3.01. The summed E-state index contributed by atoms with van der Waals surface area (Å²) in [6, 6.07) is 2.61. The fraction of sp³-hybridized carbons (Fsp3) is 0.273. The van der Waals surface area contributed by atoms with Crippen LogP contribution in [0.3, 0.4) is 0 Å². The predicted octanol–water partition coefficient (Wildman–Crippen LogP) is 2.26. The molecule has 9 nitrogen and oxygen atoms in total. The van der Waals surface area contributed by atoms with Crippen molar-refractivity contribution < 1.29 is 19.4 Å². The van der Waals surface area contributed by atoms with Crippen molar-refractivity contribution in [3.8, 4) is 11.5 Å². The van der Waals surface area contributed by atoms with Gasteiger partial charge in [-0.1, -0.05) is 22.0 Å². The van der Waals surface area contributed by atoms with E-state index in [-0.39, 0.29) is 50.8 Å². The maximum absolute atomic E-state index is 13.3. The van der Waals surface area contributed by atoms with E-state index in [2.05, 4.69) is 15.9 Å². The van der Waals surface area contributed by atoms with Gasteiger partial charge in [0.15, 0.2) is 23.1 Å². The summed E-state index contributed by atoms with van der Waals surface area (Å²) in [6.45, 7) is 0.126. The van der Waals surface area contributed by atoms with Crippen molar-refractivity contribution in [2.24, 2.45) is 7.05 Å². The number of benzene rings is 1. The minimum Gasteiger partial charge on any atom is -0.504 e. The van der Waals surface area contributed by atoms with Gasteiger partial charge in [0, 0.05) is 46.6 Å². The Balaban J connectivity index is 1.83. The molecule has 0 amide bonds. The number of phenolic OH excluding ortho intramolecular Hbond substituents is 1. The Labute approximate surface area is 208 Å². The monoisotopic (exact) mass is 625 g/mol. The molecule has 0 radical (unpaired) electrons. The molecule has 2 atom stereocenters. The molecule has 1 aromatic heterocycles. The largest absolute Gasteiger partial charge is 0.504 e. The number of methoxy groups -OCH3 is 1. The van der Waals surface area contributed by atoms with Crippen LogP contribution in [-0.4, -0.2) is 37.7 Å². The summed E-state index contributed by atoms with van der Waals surface area (Å²) in [5, 5.41) is 11.0. The van der Waals surface area contributed by atoms with Crippen molar-refractivity contribution in [1.82, 2.24) is 13.9 Å². The quantitative estimate of drug-likeness (QED) is 0.311. The lowest BCUT2D eigenvalue weighted by molar-refractivity contribution is -0.115. The summed E-state index contributed by atoms with van der Waals surface area (Å²) in [6.07, 6.45) is 3.19. The van der Waals surface area contributed by atoms with Crippen LogP contribution < -0.4 is 16.1 Å². The zero-order valence-electron chi connectivity index (χ0n) is 17.5. The fourth-order valence-corrected chi connectivity index (χ4v) is 5.93. The van der Waals surface area contributed by atoms with Crippen molar-refractivity contribution in [1.29, 1.82) is 0 Å². The maximum atomic E-state index is 13.3. The molecule has 0 saturated heterocycles. The van der Waals surface area contributed by atoms with Crippen LogP contribution in [0.4, 0.5) is 0 Å². The van der Waals surface area contributed by atoms with E-state index in [1.54, 1.807) is 18.2 Å². The predicted molar refractivity (Wildman–Crippen MR) is 130 cm³/mol. The van der Waals surface area contributed by atoms with Crippen LogP contribution in [0.15, 0.2) is 58.6 Å². The summed E-state index contributed by atoms with van der Waals surface area (Å²) in [5.74, 6) is -1.36. The number of fused-ring (bicyclic) bond motifs is 3. The number of nitrogens with zero attached hydrogens (tertiary/aromatic N) is 3. The van der Waals surface area contributed by atoms with Gasteiger partial charge in [0.25, 0.3) is 0 Å². The number of rotatable bonds is 2. The molecule has 0 spiro atoms. The van der Waals surface area contributed by atoms with Gasteiger partial charge < -0.3 is 9.84 Å². The number of phenols is 1. The van der Waals surface area contributed by atoms with E-state index < -0.39 is 23.3 Å². The number of carbonyl (C=O) groups is 2. The van der Waals surface area contributed by atoms with Gasteiger partial charge in [0.2, 0.25) is 0 Å². The van der Waals surface area contributed by atoms with Gasteiger partial charge in [-0.3, -0.25) is 9.59 Å². The highest BCUT2D eigenvalue weighted by Gasteiger charge is 2.46. The number of hydrogen-bond donors (Lipinski definition) is 1. The van der Waals surface area contributed by atoms with Crippen LogP contribution >= 0.6 is 38.5 Å². The third kappa shape index (κ3) is 3.08. The molecule has 1 aromatic carbocycles. The normalized spacial score (nSPS) is 21.8. The Morgan fingerprint density at radius 1 is 1.18 bits per heavy atom. The second-order valence-electron chi connectivity index (χ2n) is 8.03. The van der Waals surface area contributed by atoms with Gasteiger partial charge in [-0.15, -0.1) is 0 Å². The molecule has 1 N–H and O–H groups in total. The second kappa shape index (κ2) is 7.69. The molecule has 170 valence electrons. The number of ether oxygens (including phenoxy) is 1. The van der Waals surface area contributed by atoms with E-state index in [1.165, 1.54) is 29.6 Å². The van der Waals surface area contributed by atoms with E-state index in [4.69, 9.17) is 4.74 Å². The molecule has 0 unspecified atom stereocenters. The highest BCUT2D eigenvalue weighted by Crippen LogP contribution is 2.53. The summed E-state index contributed by atoms with van der Waals surface area (Å²) >= 11 is 5.27. The van der Waals surface area contributed by atoms with Crippen molar-refractivity contribution in [3.05, 3.63) is 75.6 Å². The number of allylic oxidation sites excluding steroid dienone is 6. The van der Waals surface area contributed by atoms with Gasteiger partial charge in [0.1, 0.15) is 0 Å². The Morgan fingerprint density at radius 2 is 1.91 bits per heavy atom. The molecular weight excluding hydrogens is 609 g/mol. The molecule has 2 aliphatic carbocycles. The number of Topliss-reactive ketones (excluding diaryl/α,β-unsaturated/α-hetero) is 1. The highest BCUT2D eigenvalue weighted by atomic mass is 127. The minimum absolute atomic E-state index is 0.0952. The highest BCUT2D eigenvalue weighted by molar-refractivity contribution is 14.1. The number of hydrogen-bond acceptors (Lipinski definition) is 6. The van der Waals surface area contributed by atoms with E-state index in [9.17, 15) is 24.3 Å². The Bertz CT molecular complexity index is 1490. The number of aromatic hydroxyl groups is 1. The second-order valence-corrected chi connectivity index (χ2v) is 10.1. The Hall–Kier alpha value is -2.67. The molecule has 0 fully saturated rings. The van der Waals surface area contributed by atoms with Crippen LogP contribution in [0.2, 0.25) is 0 Å². The molecule has 0 bridgehead atoms. The Kier molecular flexibility index (Phi) is 5.16. The molecular formula is C22H17BrIN3O6. The maximum Gasteiger partial charge on any atom is 0.347 e. The number of halogens is 2. The first-order valence-corrected chi connectivity index (χ1v) is 11.9. The lowest BCUT2D eigenvalue weighted by Crippen LogP contribution is -2.40. The number of aromatic nitrogens is 3. The standard InChI is InChI=1S/C22H17BrIN3O6/c1-25-21(31)26-4-3-10-14(27(26)22(25)32)7-11-15(28)8-13(24)20(30)18(11)17(10)12-5-9(23)6-16(33-2)19(12)29/h3,5-6,8,14,17,29H,4,7H2,1-2H3/t14-,17-/m1/s1. The first-order valence-electron chi connectivity index (χ1n) is 9.99. The zero-order chi connectivity index (χ0) is 23.8. The van der Waals surface area contributed by atoms with Gasteiger partial charge in [0.05, 0.1) is 23.3 Å². The Morgan fingerprint density at radius 3 is 2.61 bits per heavy atom. The van der Waals surface area contributed by atoms with Gasteiger partial charge >= 0.3 is 11.4 Å². The van der Waals surface area contributed by atoms with E-state index >= 15 is 0 Å². The zero-order valence-corrected chi connectivity index (χ0v) is 21.2. The van der Waals surface area contributed by atoms with Crippen LogP contribution in [-0.2, 0) is 23.2 Å². The number of carbonyl (C=O) groups excluding carboxylic acids is 2. The smallest absolute Gasteiger partial charge is 0.347 e. The molecule has 5 rings (SSSR count). The summed E-state index contributed by atoms with van der Waals surface area (Å²) in [4.78, 5) is 51.8. The molecule has 3 aliphatic rings. The van der Waals surface area contributed by atoms with Crippen molar-refractivity contribution >= 4 is 50.1 Å². The summed E-state index contributed by atoms with van der Waals surface area (Å²) in [7, 11) is 2.82. The van der Waals surface area contributed by atoms with Crippen LogP contribution in [0, 0.1) is 0 Å². The third-order valence-electron chi connectivity index (χ3n) is 6.39. The molecule has 2 heterocycles. The van der Waals surface area contributed by atoms with Gasteiger partial charge in [-0.2, -0.15) is 0 Å². The summed E-state index contributed by atoms with van der Waals surface area (Å²) < 4.78 is 9.90. The van der Waals surface area contributed by atoms with Gasteiger partial charge in [-0.05, 0) is 40.3 Å². The lowest BCUT2D eigenvalue weighted by Gasteiger charge is -2.39. The summed E-state index contributed by atoms with van der Waals surface area (Å²) in [5.41, 5.74) is 0.640. The van der Waals surface area contributed by atoms with Crippen molar-refractivity contribution in [3.63, 3.8) is 0 Å². The number of ketones is 2. The molecule has 1 aliphatic heterocycles. The van der Waals surface area contributed by atoms with Crippen molar-refractivity contribution in [2.75, 3.05) is 7.11 Å². The van der Waals surface area contributed by atoms with Crippen LogP contribution in [0.25, 0.3) is 0 Å². The average molecular weight is 626 g/mol. The van der Waals surface area contributed by atoms with E-state index in [1.807, 2.05) is 22.6 Å². The SMILES string of the molecule is COc1cc(Br)cc([C@H]2C3=CCn4c(=O)n(C)c(=O)n4[C@@H]3CC3=C2C(=O)C(I)=CC3=O)c1O. The molecule has 0 saturated carbocycles.